The first-order chi connectivity index (χ1) is 8.72. The second kappa shape index (κ2) is 5.68. The topological polar surface area (TPSA) is 84.0 Å². The van der Waals surface area contributed by atoms with Gasteiger partial charge in [0.1, 0.15) is 11.5 Å². The van der Waals surface area contributed by atoms with E-state index in [0.717, 1.165) is 31.9 Å². The van der Waals surface area contributed by atoms with Gasteiger partial charge in [-0.15, -0.1) is 0 Å². The van der Waals surface area contributed by atoms with E-state index in [4.69, 9.17) is 15.7 Å². The van der Waals surface area contributed by atoms with Gasteiger partial charge in [0.2, 0.25) is 0 Å². The molecule has 0 bridgehead atoms. The summed E-state index contributed by atoms with van der Waals surface area (Å²) < 4.78 is 5.35. The predicted octanol–water partition coefficient (Wildman–Crippen LogP) is 0.791. The predicted molar refractivity (Wildman–Crippen MR) is 69.0 cm³/mol. The largest absolute Gasteiger partial charge is 0.409 e. The van der Waals surface area contributed by atoms with Crippen LogP contribution in [0.2, 0.25) is 0 Å². The third kappa shape index (κ3) is 2.70. The molecule has 1 fully saturated rings. The van der Waals surface area contributed by atoms with Crippen molar-refractivity contribution in [3.8, 4) is 0 Å². The summed E-state index contributed by atoms with van der Waals surface area (Å²) in [5, 5.41) is 11.6. The molecule has 0 unspecified atom stereocenters. The highest BCUT2D eigenvalue weighted by Gasteiger charge is 2.19. The van der Waals surface area contributed by atoms with Gasteiger partial charge >= 0.3 is 0 Å². The van der Waals surface area contributed by atoms with Gasteiger partial charge in [0, 0.05) is 26.3 Å². The van der Waals surface area contributed by atoms with Crippen LogP contribution < -0.4 is 10.6 Å². The van der Waals surface area contributed by atoms with Crippen LogP contribution in [0.1, 0.15) is 18.5 Å². The summed E-state index contributed by atoms with van der Waals surface area (Å²) in [4.78, 5) is 6.51. The van der Waals surface area contributed by atoms with Crippen LogP contribution in [0, 0.1) is 0 Å². The first kappa shape index (κ1) is 12.6. The van der Waals surface area contributed by atoms with E-state index in [9.17, 15) is 0 Å². The molecule has 0 spiro atoms. The number of aromatic nitrogens is 1. The van der Waals surface area contributed by atoms with Crippen LogP contribution in [0.25, 0.3) is 0 Å². The fourth-order valence-electron chi connectivity index (χ4n) is 2.07. The molecule has 0 saturated carbocycles. The highest BCUT2D eigenvalue weighted by Crippen LogP contribution is 2.19. The minimum atomic E-state index is 0.0252. The maximum Gasteiger partial charge on any atom is 0.188 e. The number of oxime groups is 1. The first-order valence-electron chi connectivity index (χ1n) is 5.98. The van der Waals surface area contributed by atoms with Crippen molar-refractivity contribution in [1.29, 1.82) is 0 Å². The molecule has 3 N–H and O–H groups in total. The number of hydrogen-bond acceptors (Lipinski definition) is 5. The Hall–Kier alpha value is -1.82. The Kier molecular flexibility index (Phi) is 3.99. The SMILES string of the molecule is CN(c1cccc(C(N)=NO)n1)C1CCOCC1. The van der Waals surface area contributed by atoms with Gasteiger partial charge in [-0.1, -0.05) is 11.2 Å². The summed E-state index contributed by atoms with van der Waals surface area (Å²) in [6.07, 6.45) is 1.98. The number of nitrogens with two attached hydrogens (primary N) is 1. The third-order valence-electron chi connectivity index (χ3n) is 3.20. The van der Waals surface area contributed by atoms with Crippen LogP contribution in [0.15, 0.2) is 23.4 Å². The van der Waals surface area contributed by atoms with E-state index >= 15 is 0 Å². The number of hydrogen-bond donors (Lipinski definition) is 2. The van der Waals surface area contributed by atoms with Gasteiger partial charge in [0.05, 0.1) is 0 Å². The molecule has 6 nitrogen and oxygen atoms in total. The van der Waals surface area contributed by atoms with Gasteiger partial charge in [-0.25, -0.2) is 4.98 Å². The lowest BCUT2D eigenvalue weighted by molar-refractivity contribution is 0.0853. The molecule has 1 aliphatic heterocycles. The average molecular weight is 250 g/mol. The van der Waals surface area contributed by atoms with Gasteiger partial charge in [-0.2, -0.15) is 0 Å². The molecule has 6 heteroatoms. The Morgan fingerprint density at radius 2 is 2.22 bits per heavy atom. The monoisotopic (exact) mass is 250 g/mol. The fraction of sp³-hybridized carbons (Fsp3) is 0.500. The van der Waals surface area contributed by atoms with Crippen molar-refractivity contribution in [3.05, 3.63) is 23.9 Å². The van der Waals surface area contributed by atoms with E-state index in [1.165, 1.54) is 0 Å². The lowest BCUT2D eigenvalue weighted by Gasteiger charge is -2.32. The average Bonchev–Trinajstić information content (AvgIpc) is 2.46. The second-order valence-corrected chi connectivity index (χ2v) is 4.32. The maximum absolute atomic E-state index is 8.66. The number of pyridine rings is 1. The molecule has 1 aromatic rings. The van der Waals surface area contributed by atoms with Crippen LogP contribution in [0.5, 0.6) is 0 Å². The molecule has 1 saturated heterocycles. The smallest absolute Gasteiger partial charge is 0.188 e. The van der Waals surface area contributed by atoms with Crippen LogP contribution in [0.4, 0.5) is 5.82 Å². The van der Waals surface area contributed by atoms with Crippen molar-refractivity contribution >= 4 is 11.7 Å². The molecule has 0 radical (unpaired) electrons. The maximum atomic E-state index is 8.66. The van der Waals surface area contributed by atoms with Crippen molar-refractivity contribution in [3.63, 3.8) is 0 Å². The third-order valence-corrected chi connectivity index (χ3v) is 3.20. The summed E-state index contributed by atoms with van der Waals surface area (Å²) in [6, 6.07) is 5.92. The summed E-state index contributed by atoms with van der Waals surface area (Å²) >= 11 is 0. The molecule has 0 aromatic carbocycles. The Morgan fingerprint density at radius 1 is 1.50 bits per heavy atom. The lowest BCUT2D eigenvalue weighted by Crippen LogP contribution is -2.37. The molecule has 98 valence electrons. The van der Waals surface area contributed by atoms with Crippen LogP contribution in [-0.4, -0.2) is 42.3 Å². The van der Waals surface area contributed by atoms with Crippen LogP contribution in [-0.2, 0) is 4.74 Å². The van der Waals surface area contributed by atoms with Gasteiger partial charge in [-0.05, 0) is 25.0 Å². The summed E-state index contributed by atoms with van der Waals surface area (Å²) in [7, 11) is 2.01. The van der Waals surface area contributed by atoms with Crippen molar-refractivity contribution in [2.75, 3.05) is 25.2 Å². The summed E-state index contributed by atoms with van der Waals surface area (Å²) in [5.74, 6) is 0.850. The van der Waals surface area contributed by atoms with Crippen molar-refractivity contribution in [2.24, 2.45) is 10.9 Å². The van der Waals surface area contributed by atoms with Crippen molar-refractivity contribution in [1.82, 2.24) is 4.98 Å². The minimum Gasteiger partial charge on any atom is -0.409 e. The first-order valence-corrected chi connectivity index (χ1v) is 5.98. The molecule has 2 rings (SSSR count). The van der Waals surface area contributed by atoms with Gasteiger partial charge in [0.15, 0.2) is 5.84 Å². The Labute approximate surface area is 106 Å². The van der Waals surface area contributed by atoms with E-state index in [0.29, 0.717) is 11.7 Å². The molecule has 0 amide bonds. The molecule has 1 aliphatic rings. The molecule has 0 atom stereocenters. The molecule has 1 aromatic heterocycles. The van der Waals surface area contributed by atoms with Crippen molar-refractivity contribution < 1.29 is 9.94 Å². The number of ether oxygens (including phenoxy) is 1. The molecule has 2 heterocycles. The highest BCUT2D eigenvalue weighted by molar-refractivity contribution is 5.95. The zero-order chi connectivity index (χ0) is 13.0. The summed E-state index contributed by atoms with van der Waals surface area (Å²) in [5.41, 5.74) is 6.02. The zero-order valence-corrected chi connectivity index (χ0v) is 10.4. The normalized spacial score (nSPS) is 17.7. The van der Waals surface area contributed by atoms with Gasteiger partial charge in [0.25, 0.3) is 0 Å². The van der Waals surface area contributed by atoms with Crippen LogP contribution in [0.3, 0.4) is 0 Å². The van der Waals surface area contributed by atoms with Crippen LogP contribution >= 0.6 is 0 Å². The van der Waals surface area contributed by atoms with E-state index in [1.54, 1.807) is 6.07 Å². The van der Waals surface area contributed by atoms with E-state index in [2.05, 4.69) is 15.0 Å². The van der Waals surface area contributed by atoms with E-state index in [1.807, 2.05) is 19.2 Å². The standard InChI is InChI=1S/C12H18N4O2/c1-16(9-5-7-18-8-6-9)11-4-2-3-10(14-11)12(13)15-17/h2-4,9,17H,5-8H2,1H3,(H2,13,15). The number of nitrogens with zero attached hydrogens (tertiary/aromatic N) is 3. The number of amidine groups is 1. The highest BCUT2D eigenvalue weighted by atomic mass is 16.5. The quantitative estimate of drug-likeness (QED) is 0.358. The molecule has 18 heavy (non-hydrogen) atoms. The van der Waals surface area contributed by atoms with E-state index < -0.39 is 0 Å². The van der Waals surface area contributed by atoms with Gasteiger partial charge < -0.3 is 20.6 Å². The summed E-state index contributed by atoms with van der Waals surface area (Å²) in [6.45, 7) is 1.57. The van der Waals surface area contributed by atoms with E-state index in [-0.39, 0.29) is 5.84 Å². The molecular formula is C12H18N4O2. The second-order valence-electron chi connectivity index (χ2n) is 4.32. The number of rotatable bonds is 3. The lowest BCUT2D eigenvalue weighted by atomic mass is 10.1. The Bertz CT molecular complexity index is 430. The molecular weight excluding hydrogens is 232 g/mol. The Morgan fingerprint density at radius 3 is 2.89 bits per heavy atom. The number of anilines is 1. The molecule has 0 aliphatic carbocycles. The van der Waals surface area contributed by atoms with Gasteiger partial charge in [-0.3, -0.25) is 0 Å². The Balaban J connectivity index is 2.16. The zero-order valence-electron chi connectivity index (χ0n) is 10.4. The fourth-order valence-corrected chi connectivity index (χ4v) is 2.07. The minimum absolute atomic E-state index is 0.0252. The van der Waals surface area contributed by atoms with Crippen molar-refractivity contribution in [2.45, 2.75) is 18.9 Å².